The standard InChI is InChI=1S/C28H28N3O4P/c1-20-25-12-14-29-27(25)10-11-28(20)35-24-9-5-8-23(17-24)26-13-15-31(30-26)18-21-6-4-7-22(16-21)19-36(32,33-2)34-3/h4-17,29H,18-19H2,1-3H3. The van der Waals surface area contributed by atoms with Crippen molar-refractivity contribution in [2.75, 3.05) is 14.2 Å². The first-order valence-corrected chi connectivity index (χ1v) is 13.4. The van der Waals surface area contributed by atoms with Crippen LogP contribution >= 0.6 is 7.60 Å². The van der Waals surface area contributed by atoms with Gasteiger partial charge in [-0.25, -0.2) is 0 Å². The van der Waals surface area contributed by atoms with E-state index < -0.39 is 7.60 Å². The number of benzene rings is 3. The molecule has 0 bridgehead atoms. The lowest BCUT2D eigenvalue weighted by Crippen LogP contribution is -2.01. The number of nitrogens with one attached hydrogen (secondary N) is 1. The molecule has 1 N–H and O–H groups in total. The minimum atomic E-state index is -3.12. The second-order valence-electron chi connectivity index (χ2n) is 8.61. The van der Waals surface area contributed by atoms with Gasteiger partial charge in [0.05, 0.1) is 18.4 Å². The average Bonchev–Trinajstić information content (AvgIpc) is 3.56. The van der Waals surface area contributed by atoms with Gasteiger partial charge in [-0.1, -0.05) is 36.4 Å². The fraction of sp³-hybridized carbons (Fsp3) is 0.179. The van der Waals surface area contributed by atoms with Crippen LogP contribution in [0.25, 0.3) is 22.2 Å². The predicted octanol–water partition coefficient (Wildman–Crippen LogP) is 7.17. The van der Waals surface area contributed by atoms with E-state index in [1.807, 2.05) is 83.8 Å². The molecule has 2 heterocycles. The van der Waals surface area contributed by atoms with Crippen LogP contribution in [0, 0.1) is 6.92 Å². The third-order valence-electron chi connectivity index (χ3n) is 6.22. The van der Waals surface area contributed by atoms with E-state index in [2.05, 4.69) is 18.0 Å². The van der Waals surface area contributed by atoms with Gasteiger partial charge in [0.2, 0.25) is 0 Å². The van der Waals surface area contributed by atoms with Crippen molar-refractivity contribution in [1.29, 1.82) is 0 Å². The summed E-state index contributed by atoms with van der Waals surface area (Å²) in [6, 6.07) is 23.9. The van der Waals surface area contributed by atoms with Crippen LogP contribution in [-0.2, 0) is 26.3 Å². The molecule has 7 nitrogen and oxygen atoms in total. The highest BCUT2D eigenvalue weighted by molar-refractivity contribution is 7.52. The van der Waals surface area contributed by atoms with Crippen molar-refractivity contribution in [2.24, 2.45) is 0 Å². The molecule has 2 aromatic heterocycles. The highest BCUT2D eigenvalue weighted by atomic mass is 31.2. The van der Waals surface area contributed by atoms with Crippen LogP contribution in [0.5, 0.6) is 11.5 Å². The molecule has 5 aromatic rings. The molecule has 0 aliphatic carbocycles. The molecule has 0 unspecified atom stereocenters. The van der Waals surface area contributed by atoms with Gasteiger partial charge in [-0.15, -0.1) is 0 Å². The quantitative estimate of drug-likeness (QED) is 0.217. The Labute approximate surface area is 210 Å². The van der Waals surface area contributed by atoms with Crippen molar-refractivity contribution in [3.63, 3.8) is 0 Å². The molecular weight excluding hydrogens is 473 g/mol. The highest BCUT2D eigenvalue weighted by Gasteiger charge is 2.21. The molecule has 36 heavy (non-hydrogen) atoms. The second kappa shape index (κ2) is 10.2. The molecule has 0 saturated carbocycles. The Hall–Kier alpha value is -3.64. The van der Waals surface area contributed by atoms with Gasteiger partial charge in [0.1, 0.15) is 11.5 Å². The van der Waals surface area contributed by atoms with Gasteiger partial charge in [-0.05, 0) is 54.4 Å². The minimum Gasteiger partial charge on any atom is -0.457 e. The zero-order valence-electron chi connectivity index (χ0n) is 20.5. The number of H-pyrrole nitrogens is 1. The summed E-state index contributed by atoms with van der Waals surface area (Å²) in [4.78, 5) is 3.23. The van der Waals surface area contributed by atoms with E-state index in [4.69, 9.17) is 18.9 Å². The lowest BCUT2D eigenvalue weighted by Gasteiger charge is -2.14. The third kappa shape index (κ3) is 5.14. The number of nitrogens with zero attached hydrogens (tertiary/aromatic N) is 2. The van der Waals surface area contributed by atoms with Crippen LogP contribution in [0.4, 0.5) is 0 Å². The Bertz CT molecular complexity index is 1550. The molecule has 184 valence electrons. The summed E-state index contributed by atoms with van der Waals surface area (Å²) in [6.07, 6.45) is 4.11. The smallest absolute Gasteiger partial charge is 0.334 e. The Morgan fingerprint density at radius 1 is 0.944 bits per heavy atom. The van der Waals surface area contributed by atoms with E-state index in [0.29, 0.717) is 6.54 Å². The van der Waals surface area contributed by atoms with E-state index in [-0.39, 0.29) is 6.16 Å². The molecule has 5 rings (SSSR count). The largest absolute Gasteiger partial charge is 0.457 e. The van der Waals surface area contributed by atoms with Crippen LogP contribution in [0.3, 0.4) is 0 Å². The Morgan fingerprint density at radius 3 is 2.58 bits per heavy atom. The molecule has 0 atom stereocenters. The van der Waals surface area contributed by atoms with Gasteiger partial charge in [0.15, 0.2) is 0 Å². The Balaban J connectivity index is 1.32. The van der Waals surface area contributed by atoms with Crippen molar-refractivity contribution in [1.82, 2.24) is 14.8 Å². The van der Waals surface area contributed by atoms with Crippen molar-refractivity contribution >= 4 is 18.5 Å². The first kappa shape index (κ1) is 24.1. The first-order chi connectivity index (χ1) is 17.5. The number of aromatic nitrogens is 3. The van der Waals surface area contributed by atoms with Crippen LogP contribution in [0.15, 0.2) is 85.2 Å². The van der Waals surface area contributed by atoms with Gasteiger partial charge in [-0.3, -0.25) is 9.25 Å². The number of fused-ring (bicyclic) bond motifs is 1. The first-order valence-electron chi connectivity index (χ1n) is 11.6. The SMILES string of the molecule is COP(=O)(Cc1cccc(Cn2ccc(-c3cccc(Oc4ccc5[nH]ccc5c4C)c3)n2)c1)OC. The molecule has 8 heteroatoms. The maximum atomic E-state index is 12.5. The summed E-state index contributed by atoms with van der Waals surface area (Å²) < 4.78 is 30.7. The molecular formula is C28H28N3O4P. The summed E-state index contributed by atoms with van der Waals surface area (Å²) in [7, 11) is -0.312. The highest BCUT2D eigenvalue weighted by Crippen LogP contribution is 2.49. The van der Waals surface area contributed by atoms with E-state index in [1.165, 1.54) is 14.2 Å². The average molecular weight is 502 g/mol. The van der Waals surface area contributed by atoms with Crippen molar-refractivity contribution < 1.29 is 18.3 Å². The number of hydrogen-bond donors (Lipinski definition) is 1. The normalized spacial score (nSPS) is 11.8. The van der Waals surface area contributed by atoms with Gasteiger partial charge in [0.25, 0.3) is 0 Å². The monoisotopic (exact) mass is 501 g/mol. The van der Waals surface area contributed by atoms with Crippen molar-refractivity contribution in [2.45, 2.75) is 19.6 Å². The maximum absolute atomic E-state index is 12.5. The topological polar surface area (TPSA) is 78.4 Å². The second-order valence-corrected chi connectivity index (χ2v) is 10.9. The molecule has 0 aliphatic heterocycles. The fourth-order valence-electron chi connectivity index (χ4n) is 4.26. The molecule has 0 saturated heterocycles. The van der Waals surface area contributed by atoms with E-state index in [1.54, 1.807) is 0 Å². The van der Waals surface area contributed by atoms with Crippen LogP contribution < -0.4 is 4.74 Å². The Kier molecular flexibility index (Phi) is 6.79. The summed E-state index contributed by atoms with van der Waals surface area (Å²) in [5.74, 6) is 1.59. The molecule has 0 amide bonds. The molecule has 0 radical (unpaired) electrons. The van der Waals surface area contributed by atoms with E-state index in [9.17, 15) is 4.57 Å². The van der Waals surface area contributed by atoms with Gasteiger partial charge in [0, 0.05) is 48.6 Å². The van der Waals surface area contributed by atoms with Crippen LogP contribution in [0.1, 0.15) is 16.7 Å². The molecule has 0 fully saturated rings. The summed E-state index contributed by atoms with van der Waals surface area (Å²) >= 11 is 0. The number of aryl methyl sites for hydroxylation is 1. The predicted molar refractivity (Wildman–Crippen MR) is 142 cm³/mol. The van der Waals surface area contributed by atoms with Crippen molar-refractivity contribution in [3.05, 3.63) is 102 Å². The number of aromatic amines is 1. The van der Waals surface area contributed by atoms with Gasteiger partial charge in [-0.2, -0.15) is 5.10 Å². The summed E-state index contributed by atoms with van der Waals surface area (Å²) in [5, 5.41) is 5.92. The van der Waals surface area contributed by atoms with Gasteiger partial charge >= 0.3 is 7.60 Å². The van der Waals surface area contributed by atoms with Crippen LogP contribution in [0.2, 0.25) is 0 Å². The number of ether oxygens (including phenoxy) is 1. The Morgan fingerprint density at radius 2 is 1.75 bits per heavy atom. The zero-order chi connectivity index (χ0) is 25.1. The lowest BCUT2D eigenvalue weighted by atomic mass is 10.1. The number of rotatable bonds is 9. The van der Waals surface area contributed by atoms with Crippen molar-refractivity contribution in [3.8, 4) is 22.8 Å². The zero-order valence-corrected chi connectivity index (χ0v) is 21.4. The molecule has 3 aromatic carbocycles. The maximum Gasteiger partial charge on any atom is 0.334 e. The van der Waals surface area contributed by atoms with E-state index in [0.717, 1.165) is 50.3 Å². The van der Waals surface area contributed by atoms with E-state index >= 15 is 0 Å². The lowest BCUT2D eigenvalue weighted by molar-refractivity contribution is 0.275. The summed E-state index contributed by atoms with van der Waals surface area (Å²) in [5.41, 5.74) is 5.96. The number of hydrogen-bond acceptors (Lipinski definition) is 5. The fourth-order valence-corrected chi connectivity index (χ4v) is 5.32. The molecule has 0 aliphatic rings. The summed E-state index contributed by atoms with van der Waals surface area (Å²) in [6.45, 7) is 2.65. The van der Waals surface area contributed by atoms with Gasteiger partial charge < -0.3 is 18.8 Å². The van der Waals surface area contributed by atoms with Crippen LogP contribution in [-0.4, -0.2) is 29.0 Å². The molecule has 0 spiro atoms. The minimum absolute atomic E-state index is 0.224. The third-order valence-corrected chi connectivity index (χ3v) is 8.09.